The molecule has 0 saturated heterocycles. The molecule has 19 heavy (non-hydrogen) atoms. The summed E-state index contributed by atoms with van der Waals surface area (Å²) >= 11 is 3.06. The normalized spacial score (nSPS) is 10.8. The fourth-order valence-electron chi connectivity index (χ4n) is 1.76. The number of aryl methyl sites for hydroxylation is 2. The van der Waals surface area contributed by atoms with E-state index in [2.05, 4.69) is 15.3 Å². The lowest BCUT2D eigenvalue weighted by molar-refractivity contribution is 0.102. The molecular weight excluding hydrogens is 278 g/mol. The topological polar surface area (TPSA) is 54.9 Å². The zero-order valence-corrected chi connectivity index (χ0v) is 12.1. The number of rotatable bonds is 2. The maximum atomic E-state index is 12.1. The van der Waals surface area contributed by atoms with Crippen molar-refractivity contribution in [2.45, 2.75) is 13.8 Å². The van der Waals surface area contributed by atoms with Crippen LogP contribution in [0.4, 0.5) is 5.13 Å². The largest absolute Gasteiger partial charge is 0.298 e. The van der Waals surface area contributed by atoms with Gasteiger partial charge in [0.05, 0.1) is 15.2 Å². The molecule has 0 fully saturated rings. The number of benzene rings is 1. The van der Waals surface area contributed by atoms with E-state index in [0.29, 0.717) is 10.7 Å². The minimum Gasteiger partial charge on any atom is -0.298 e. The van der Waals surface area contributed by atoms with Crippen LogP contribution in [0.25, 0.3) is 10.2 Å². The number of nitrogens with one attached hydrogen (secondary N) is 1. The molecule has 3 rings (SSSR count). The van der Waals surface area contributed by atoms with Gasteiger partial charge in [-0.2, -0.15) is 0 Å². The van der Waals surface area contributed by atoms with Crippen LogP contribution in [0.3, 0.4) is 0 Å². The summed E-state index contributed by atoms with van der Waals surface area (Å²) in [5.74, 6) is -0.137. The van der Waals surface area contributed by atoms with Crippen molar-refractivity contribution in [3.8, 4) is 0 Å². The Morgan fingerprint density at radius 1 is 1.26 bits per heavy atom. The predicted molar refractivity (Wildman–Crippen MR) is 79.2 cm³/mol. The Kier molecular flexibility index (Phi) is 3.04. The van der Waals surface area contributed by atoms with Crippen LogP contribution in [-0.2, 0) is 0 Å². The molecule has 2 aromatic heterocycles. The summed E-state index contributed by atoms with van der Waals surface area (Å²) in [5, 5.41) is 4.43. The summed E-state index contributed by atoms with van der Waals surface area (Å²) in [7, 11) is 0. The van der Waals surface area contributed by atoms with E-state index >= 15 is 0 Å². The van der Waals surface area contributed by atoms with E-state index in [1.165, 1.54) is 11.3 Å². The van der Waals surface area contributed by atoms with Gasteiger partial charge in [0, 0.05) is 16.6 Å². The van der Waals surface area contributed by atoms with Crippen LogP contribution in [0.2, 0.25) is 0 Å². The molecule has 4 nitrogen and oxygen atoms in total. The first kappa shape index (κ1) is 12.3. The molecule has 0 unspecified atom stereocenters. The number of carbonyl (C=O) groups is 1. The molecule has 0 atom stereocenters. The van der Waals surface area contributed by atoms with Gasteiger partial charge in [-0.25, -0.2) is 9.97 Å². The second kappa shape index (κ2) is 4.71. The molecule has 3 aromatic rings. The fourth-order valence-corrected chi connectivity index (χ4v) is 3.29. The van der Waals surface area contributed by atoms with Crippen molar-refractivity contribution >= 4 is 43.9 Å². The molecule has 6 heteroatoms. The van der Waals surface area contributed by atoms with Crippen LogP contribution >= 0.6 is 22.7 Å². The van der Waals surface area contributed by atoms with E-state index < -0.39 is 0 Å². The van der Waals surface area contributed by atoms with Crippen LogP contribution in [0.15, 0.2) is 24.4 Å². The van der Waals surface area contributed by atoms with Crippen molar-refractivity contribution in [3.63, 3.8) is 0 Å². The maximum absolute atomic E-state index is 12.1. The summed E-state index contributed by atoms with van der Waals surface area (Å²) in [6.45, 7) is 3.92. The Labute approximate surface area is 118 Å². The standard InChI is InChI=1S/C13H11N3OS2/c1-7-6-14-13(18-7)16-12(17)9-3-4-10-11(5-9)19-8(2)15-10/h3-6H,1-2H3,(H,14,16,17). The zero-order valence-electron chi connectivity index (χ0n) is 10.4. The molecule has 0 aliphatic heterocycles. The number of thiazole rings is 2. The SMILES string of the molecule is Cc1cnc(NC(=O)c2ccc3nc(C)sc3c2)s1. The van der Waals surface area contributed by atoms with Crippen molar-refractivity contribution in [2.24, 2.45) is 0 Å². The van der Waals surface area contributed by atoms with Gasteiger partial charge < -0.3 is 0 Å². The highest BCUT2D eigenvalue weighted by Crippen LogP contribution is 2.23. The van der Waals surface area contributed by atoms with Crippen molar-refractivity contribution in [1.82, 2.24) is 9.97 Å². The zero-order chi connectivity index (χ0) is 13.4. The van der Waals surface area contributed by atoms with Gasteiger partial charge in [-0.1, -0.05) is 0 Å². The summed E-state index contributed by atoms with van der Waals surface area (Å²) in [6, 6.07) is 5.54. The first-order valence-corrected chi connectivity index (χ1v) is 7.36. The Morgan fingerprint density at radius 3 is 2.84 bits per heavy atom. The van der Waals surface area contributed by atoms with Gasteiger partial charge in [-0.05, 0) is 32.0 Å². The quantitative estimate of drug-likeness (QED) is 0.784. The Hall–Kier alpha value is -1.79. The second-order valence-corrected chi connectivity index (χ2v) is 6.62. The molecule has 0 saturated carbocycles. The lowest BCUT2D eigenvalue weighted by atomic mass is 10.2. The number of amides is 1. The summed E-state index contributed by atoms with van der Waals surface area (Å²) in [4.78, 5) is 21.7. The Bertz CT molecular complexity index is 760. The van der Waals surface area contributed by atoms with Crippen LogP contribution < -0.4 is 5.32 Å². The van der Waals surface area contributed by atoms with Gasteiger partial charge in [0.1, 0.15) is 0 Å². The molecule has 0 radical (unpaired) electrons. The van der Waals surface area contributed by atoms with Crippen LogP contribution in [0, 0.1) is 13.8 Å². The van der Waals surface area contributed by atoms with Crippen LogP contribution in [-0.4, -0.2) is 15.9 Å². The van der Waals surface area contributed by atoms with Crippen LogP contribution in [0.5, 0.6) is 0 Å². The first-order chi connectivity index (χ1) is 9.11. The molecular formula is C13H11N3OS2. The highest BCUT2D eigenvalue weighted by molar-refractivity contribution is 7.18. The van der Waals surface area contributed by atoms with Gasteiger partial charge in [-0.3, -0.25) is 10.1 Å². The third-order valence-corrected chi connectivity index (χ3v) is 4.36. The molecule has 96 valence electrons. The monoisotopic (exact) mass is 289 g/mol. The Morgan fingerprint density at radius 2 is 2.11 bits per heavy atom. The van der Waals surface area contributed by atoms with Crippen molar-refractivity contribution in [2.75, 3.05) is 5.32 Å². The average Bonchev–Trinajstić information content (AvgIpc) is 2.93. The average molecular weight is 289 g/mol. The van der Waals surface area contributed by atoms with Gasteiger partial charge >= 0.3 is 0 Å². The van der Waals surface area contributed by atoms with E-state index in [0.717, 1.165) is 20.1 Å². The highest BCUT2D eigenvalue weighted by atomic mass is 32.1. The number of hydrogen-bond acceptors (Lipinski definition) is 5. The summed E-state index contributed by atoms with van der Waals surface area (Å²) in [5.41, 5.74) is 1.56. The number of nitrogens with zero attached hydrogens (tertiary/aromatic N) is 2. The van der Waals surface area contributed by atoms with E-state index in [-0.39, 0.29) is 5.91 Å². The van der Waals surface area contributed by atoms with E-state index in [9.17, 15) is 4.79 Å². The number of hydrogen-bond donors (Lipinski definition) is 1. The third kappa shape index (κ3) is 2.50. The summed E-state index contributed by atoms with van der Waals surface area (Å²) < 4.78 is 1.03. The smallest absolute Gasteiger partial charge is 0.257 e. The molecule has 0 aliphatic carbocycles. The molecule has 1 amide bonds. The van der Waals surface area contributed by atoms with E-state index in [1.54, 1.807) is 23.6 Å². The highest BCUT2D eigenvalue weighted by Gasteiger charge is 2.10. The number of aromatic nitrogens is 2. The number of fused-ring (bicyclic) bond motifs is 1. The predicted octanol–water partition coefficient (Wildman–Crippen LogP) is 3.62. The van der Waals surface area contributed by atoms with Crippen molar-refractivity contribution < 1.29 is 4.79 Å². The van der Waals surface area contributed by atoms with Gasteiger partial charge in [-0.15, -0.1) is 22.7 Å². The fraction of sp³-hybridized carbons (Fsp3) is 0.154. The molecule has 2 heterocycles. The second-order valence-electron chi connectivity index (χ2n) is 4.15. The Balaban J connectivity index is 1.88. The minimum absolute atomic E-state index is 0.137. The number of carbonyl (C=O) groups excluding carboxylic acids is 1. The van der Waals surface area contributed by atoms with E-state index in [1.807, 2.05) is 26.0 Å². The lowest BCUT2D eigenvalue weighted by Gasteiger charge is -2.01. The number of anilines is 1. The first-order valence-electron chi connectivity index (χ1n) is 5.73. The van der Waals surface area contributed by atoms with Crippen LogP contribution in [0.1, 0.15) is 20.2 Å². The maximum Gasteiger partial charge on any atom is 0.257 e. The van der Waals surface area contributed by atoms with E-state index in [4.69, 9.17) is 0 Å². The van der Waals surface area contributed by atoms with Gasteiger partial charge in [0.25, 0.3) is 5.91 Å². The molecule has 0 aliphatic rings. The molecule has 1 aromatic carbocycles. The third-order valence-electron chi connectivity index (χ3n) is 2.60. The van der Waals surface area contributed by atoms with Crippen molar-refractivity contribution in [1.29, 1.82) is 0 Å². The van der Waals surface area contributed by atoms with Gasteiger partial charge in [0.15, 0.2) is 5.13 Å². The van der Waals surface area contributed by atoms with Gasteiger partial charge in [0.2, 0.25) is 0 Å². The minimum atomic E-state index is -0.137. The molecule has 0 spiro atoms. The molecule has 1 N–H and O–H groups in total. The lowest BCUT2D eigenvalue weighted by Crippen LogP contribution is -2.11. The summed E-state index contributed by atoms with van der Waals surface area (Å²) in [6.07, 6.45) is 1.75. The molecule has 0 bridgehead atoms. The van der Waals surface area contributed by atoms with Crippen molar-refractivity contribution in [3.05, 3.63) is 39.8 Å².